The van der Waals surface area contributed by atoms with E-state index < -0.39 is 34.0 Å². The number of aryl methyl sites for hydroxylation is 2. The molecule has 2 unspecified atom stereocenters. The topological polar surface area (TPSA) is 140 Å². The second-order valence-electron chi connectivity index (χ2n) is 9.35. The van der Waals surface area contributed by atoms with E-state index in [1.807, 2.05) is 32.0 Å². The lowest BCUT2D eigenvalue weighted by atomic mass is 9.96. The summed E-state index contributed by atoms with van der Waals surface area (Å²) >= 11 is 0. The van der Waals surface area contributed by atoms with Crippen LogP contribution >= 0.6 is 0 Å². The average molecular weight is 538 g/mol. The van der Waals surface area contributed by atoms with Crippen LogP contribution in [0.1, 0.15) is 17.5 Å². The number of nitrogens with one attached hydrogen (secondary N) is 2. The van der Waals surface area contributed by atoms with Crippen molar-refractivity contribution < 1.29 is 27.5 Å². The lowest BCUT2D eigenvalue weighted by molar-refractivity contribution is -0.148. The predicted octanol–water partition coefficient (Wildman–Crippen LogP) is 3.35. The van der Waals surface area contributed by atoms with Crippen LogP contribution in [0.2, 0.25) is 0 Å². The summed E-state index contributed by atoms with van der Waals surface area (Å²) in [5.74, 6) is -1.12. The Labute approximate surface area is 220 Å². The number of sulfonamides is 1. The number of aromatic nitrogens is 2. The number of piperidine rings is 1. The number of nitrogens with zero attached hydrogens (tertiary/aromatic N) is 3. The molecule has 2 aromatic carbocycles. The zero-order valence-electron chi connectivity index (χ0n) is 21.1. The Morgan fingerprint density at radius 2 is 1.82 bits per heavy atom. The molecule has 12 heteroatoms. The second-order valence-corrected chi connectivity index (χ2v) is 11.0. The third-order valence-corrected chi connectivity index (χ3v) is 7.91. The lowest BCUT2D eigenvalue weighted by Gasteiger charge is -2.36. The van der Waals surface area contributed by atoms with E-state index >= 15 is 0 Å². The van der Waals surface area contributed by atoms with E-state index in [2.05, 4.69) is 20.0 Å². The second kappa shape index (κ2) is 9.93. The number of carbonyl (C=O) groups is 2. The molecule has 0 saturated carbocycles. The maximum atomic E-state index is 13.2. The van der Waals surface area contributed by atoms with Crippen LogP contribution in [-0.2, 0) is 19.6 Å². The highest BCUT2D eigenvalue weighted by Gasteiger charge is 2.36. The fraction of sp³-hybridized carbons (Fsp3) is 0.308. The fourth-order valence-corrected chi connectivity index (χ4v) is 5.80. The van der Waals surface area contributed by atoms with Crippen LogP contribution in [0.4, 0.5) is 16.4 Å². The van der Waals surface area contributed by atoms with E-state index in [0.717, 1.165) is 16.7 Å². The number of amides is 2. The van der Waals surface area contributed by atoms with Gasteiger partial charge < -0.3 is 19.7 Å². The smallest absolute Gasteiger partial charge is 0.321 e. The number of ether oxygens (including phenoxy) is 2. The number of anilines is 2. The molecular formula is C26H27N5O6S. The first kappa shape index (κ1) is 25.5. The number of hydrogen-bond donors (Lipinski definition) is 2. The van der Waals surface area contributed by atoms with Crippen LogP contribution in [0.5, 0.6) is 5.88 Å². The summed E-state index contributed by atoms with van der Waals surface area (Å²) < 4.78 is 40.1. The van der Waals surface area contributed by atoms with Crippen molar-refractivity contribution in [2.24, 2.45) is 5.92 Å². The molecule has 0 spiro atoms. The molecule has 0 radical (unpaired) electrons. The minimum Gasteiger partial charge on any atom is -0.472 e. The fourth-order valence-electron chi connectivity index (χ4n) is 4.81. The molecule has 0 aliphatic carbocycles. The Morgan fingerprint density at radius 3 is 2.55 bits per heavy atom. The zero-order chi connectivity index (χ0) is 27.0. The van der Waals surface area contributed by atoms with Gasteiger partial charge in [-0.2, -0.15) is 4.98 Å². The number of esters is 1. The number of fused-ring (bicyclic) bond motifs is 6. The van der Waals surface area contributed by atoms with E-state index in [4.69, 9.17) is 9.47 Å². The molecule has 3 aromatic rings. The van der Waals surface area contributed by atoms with E-state index in [1.165, 1.54) is 30.2 Å². The van der Waals surface area contributed by atoms with E-state index in [0.29, 0.717) is 5.69 Å². The molecule has 2 N–H and O–H groups in total. The minimum atomic E-state index is -4.10. The Bertz CT molecular complexity index is 1510. The average Bonchev–Trinajstić information content (AvgIpc) is 2.87. The van der Waals surface area contributed by atoms with E-state index in [1.54, 1.807) is 12.1 Å². The molecule has 2 amide bonds. The van der Waals surface area contributed by atoms with Crippen LogP contribution in [0.15, 0.2) is 53.4 Å². The van der Waals surface area contributed by atoms with Crippen molar-refractivity contribution in [2.75, 3.05) is 30.2 Å². The van der Waals surface area contributed by atoms with Gasteiger partial charge >= 0.3 is 12.0 Å². The van der Waals surface area contributed by atoms with Crippen molar-refractivity contribution in [1.82, 2.24) is 14.9 Å². The monoisotopic (exact) mass is 537 g/mol. The summed E-state index contributed by atoms with van der Waals surface area (Å²) in [5, 5.41) is 2.71. The summed E-state index contributed by atoms with van der Waals surface area (Å²) in [5.41, 5.74) is 3.45. The third-order valence-electron chi connectivity index (χ3n) is 6.58. The van der Waals surface area contributed by atoms with Gasteiger partial charge in [0.2, 0.25) is 11.8 Å². The molecule has 3 heterocycles. The molecule has 2 aliphatic heterocycles. The molecule has 2 atom stereocenters. The molecule has 6 bridgehead atoms. The maximum absolute atomic E-state index is 13.2. The van der Waals surface area contributed by atoms with Crippen LogP contribution in [0.25, 0.3) is 11.3 Å². The Balaban J connectivity index is 1.65. The van der Waals surface area contributed by atoms with Gasteiger partial charge in [0.05, 0.1) is 30.2 Å². The molecule has 1 fully saturated rings. The highest BCUT2D eigenvalue weighted by molar-refractivity contribution is 7.92. The summed E-state index contributed by atoms with van der Waals surface area (Å²) in [7, 11) is -2.80. The van der Waals surface area contributed by atoms with Crippen molar-refractivity contribution in [3.8, 4) is 17.1 Å². The normalized spacial score (nSPS) is 20.3. The van der Waals surface area contributed by atoms with Gasteiger partial charge in [0.15, 0.2) is 0 Å². The van der Waals surface area contributed by atoms with Crippen LogP contribution in [0, 0.1) is 19.8 Å². The van der Waals surface area contributed by atoms with Gasteiger partial charge in [0.1, 0.15) is 6.10 Å². The highest BCUT2D eigenvalue weighted by atomic mass is 32.2. The number of urea groups is 1. The molecule has 1 aromatic heterocycles. The van der Waals surface area contributed by atoms with Gasteiger partial charge in [-0.1, -0.05) is 24.3 Å². The number of hydrogen-bond acceptors (Lipinski definition) is 8. The number of rotatable bonds is 2. The summed E-state index contributed by atoms with van der Waals surface area (Å²) in [4.78, 5) is 35.8. The molecule has 1 saturated heterocycles. The number of methoxy groups -OCH3 is 1. The van der Waals surface area contributed by atoms with Gasteiger partial charge in [-0.05, 0) is 43.2 Å². The standard InChI is InChI=1S/C26H27N5O6S/c1-15-6-4-7-16(2)23(15)21-12-22-29-25(28-21)30-38(34,35)20-9-5-8-18(11-20)27-26(33)31-13-17(24(32)36-3)10-19(14-31)37-22/h4-9,11-12,17,19H,10,13-14H2,1-3H3,(H,27,33)(H,28,29,30). The van der Waals surface area contributed by atoms with Gasteiger partial charge in [-0.15, -0.1) is 0 Å². The number of carbonyl (C=O) groups excluding carboxylic acids is 2. The molecular weight excluding hydrogens is 510 g/mol. The lowest BCUT2D eigenvalue weighted by Crippen LogP contribution is -2.51. The van der Waals surface area contributed by atoms with Crippen molar-refractivity contribution in [3.63, 3.8) is 0 Å². The summed E-state index contributed by atoms with van der Waals surface area (Å²) in [6.07, 6.45) is -0.325. The van der Waals surface area contributed by atoms with Crippen LogP contribution in [0.3, 0.4) is 0 Å². The first-order valence-electron chi connectivity index (χ1n) is 12.0. The predicted molar refractivity (Wildman–Crippen MR) is 139 cm³/mol. The molecule has 38 heavy (non-hydrogen) atoms. The molecule has 198 valence electrons. The molecule has 2 aliphatic rings. The first-order chi connectivity index (χ1) is 18.1. The number of benzene rings is 2. The Morgan fingerprint density at radius 1 is 1.08 bits per heavy atom. The Kier molecular flexibility index (Phi) is 6.66. The minimum absolute atomic E-state index is 0.0835. The maximum Gasteiger partial charge on any atom is 0.321 e. The van der Waals surface area contributed by atoms with Gasteiger partial charge in [0.25, 0.3) is 10.0 Å². The van der Waals surface area contributed by atoms with Gasteiger partial charge in [-0.25, -0.2) is 22.9 Å². The first-order valence-corrected chi connectivity index (χ1v) is 13.5. The van der Waals surface area contributed by atoms with Gasteiger partial charge in [-0.3, -0.25) is 4.79 Å². The van der Waals surface area contributed by atoms with E-state index in [9.17, 15) is 18.0 Å². The van der Waals surface area contributed by atoms with Crippen molar-refractivity contribution in [2.45, 2.75) is 31.3 Å². The van der Waals surface area contributed by atoms with Crippen LogP contribution in [-0.4, -0.2) is 61.6 Å². The highest BCUT2D eigenvalue weighted by Crippen LogP contribution is 2.31. The zero-order valence-corrected chi connectivity index (χ0v) is 21.9. The third kappa shape index (κ3) is 5.12. The Hall–Kier alpha value is -4.19. The molecule has 11 nitrogen and oxygen atoms in total. The van der Waals surface area contributed by atoms with Crippen molar-refractivity contribution >= 4 is 33.7 Å². The van der Waals surface area contributed by atoms with Crippen molar-refractivity contribution in [3.05, 3.63) is 59.7 Å². The quantitative estimate of drug-likeness (QED) is 0.475. The summed E-state index contributed by atoms with van der Waals surface area (Å²) in [6, 6.07) is 12.8. The SMILES string of the molecule is COC(=O)C1CC2CN(C1)C(=O)Nc1cccc(c1)S(=O)(=O)Nc1nc(cc(-c3c(C)cccc3C)n1)O2. The molecule has 5 rings (SSSR count). The van der Waals surface area contributed by atoms with Crippen molar-refractivity contribution in [1.29, 1.82) is 0 Å². The summed E-state index contributed by atoms with van der Waals surface area (Å²) in [6.45, 7) is 4.18. The van der Waals surface area contributed by atoms with Crippen LogP contribution < -0.4 is 14.8 Å². The largest absolute Gasteiger partial charge is 0.472 e. The van der Waals surface area contributed by atoms with E-state index in [-0.39, 0.29) is 41.9 Å². The van der Waals surface area contributed by atoms with Gasteiger partial charge in [0, 0.05) is 30.3 Å².